The summed E-state index contributed by atoms with van der Waals surface area (Å²) in [6, 6.07) is 2.76. The molecular weight excluding hydrogens is 234 g/mol. The van der Waals surface area contributed by atoms with Gasteiger partial charge in [-0.1, -0.05) is 0 Å². The van der Waals surface area contributed by atoms with Crippen molar-refractivity contribution in [2.24, 2.45) is 0 Å². The largest absolute Gasteiger partial charge is 0.357 e. The zero-order chi connectivity index (χ0) is 13.7. The summed E-state index contributed by atoms with van der Waals surface area (Å²) in [5.74, 6) is 0.0834. The number of hydrogen-bond acceptors (Lipinski definition) is 5. The van der Waals surface area contributed by atoms with Crippen molar-refractivity contribution in [3.05, 3.63) is 17.8 Å². The van der Waals surface area contributed by atoms with E-state index >= 15 is 0 Å². The topological polar surface area (TPSA) is 87.2 Å². The Hall–Kier alpha value is -2.18. The Morgan fingerprint density at radius 1 is 1.28 bits per heavy atom. The Morgan fingerprint density at radius 2 is 1.94 bits per heavy atom. The number of nitrogens with zero attached hydrogens (tertiary/aromatic N) is 3. The number of anilines is 1. The summed E-state index contributed by atoms with van der Waals surface area (Å²) in [6.45, 7) is 1.71. The molecule has 1 heterocycles. The smallest absolute Gasteiger partial charge is 0.273 e. The number of hydrogen-bond donors (Lipinski definition) is 2. The predicted octanol–water partition coefficient (Wildman–Crippen LogP) is -0.275. The van der Waals surface area contributed by atoms with Crippen molar-refractivity contribution in [3.8, 4) is 0 Å². The standard InChI is InChI=1S/C11H17N5O2/c1-7(10(17)12-2)13-9-6-5-8(14-15-9)11(18)16(3)4/h5-7H,1-4H3,(H,12,17)(H,13,15). The molecule has 7 nitrogen and oxygen atoms in total. The van der Waals surface area contributed by atoms with Crippen LogP contribution >= 0.6 is 0 Å². The van der Waals surface area contributed by atoms with Crippen molar-refractivity contribution in [2.75, 3.05) is 26.5 Å². The maximum atomic E-state index is 11.6. The maximum Gasteiger partial charge on any atom is 0.273 e. The Kier molecular flexibility index (Phi) is 4.59. The predicted molar refractivity (Wildman–Crippen MR) is 67.2 cm³/mol. The first-order chi connectivity index (χ1) is 8.45. The van der Waals surface area contributed by atoms with Gasteiger partial charge in [0.05, 0.1) is 0 Å². The molecular formula is C11H17N5O2. The van der Waals surface area contributed by atoms with Gasteiger partial charge in [0.1, 0.15) is 11.9 Å². The van der Waals surface area contributed by atoms with Crippen molar-refractivity contribution < 1.29 is 9.59 Å². The second-order valence-corrected chi connectivity index (χ2v) is 3.98. The molecule has 18 heavy (non-hydrogen) atoms. The van der Waals surface area contributed by atoms with E-state index in [1.165, 1.54) is 4.90 Å². The van der Waals surface area contributed by atoms with Gasteiger partial charge in [0.25, 0.3) is 5.91 Å². The highest BCUT2D eigenvalue weighted by Crippen LogP contribution is 2.05. The van der Waals surface area contributed by atoms with Crippen LogP contribution < -0.4 is 10.6 Å². The van der Waals surface area contributed by atoms with Crippen molar-refractivity contribution in [3.63, 3.8) is 0 Å². The molecule has 0 aliphatic heterocycles. The first-order valence-electron chi connectivity index (χ1n) is 5.49. The number of aromatic nitrogens is 2. The molecule has 1 aromatic rings. The summed E-state index contributed by atoms with van der Waals surface area (Å²) < 4.78 is 0. The average molecular weight is 251 g/mol. The first-order valence-corrected chi connectivity index (χ1v) is 5.49. The number of rotatable bonds is 4. The minimum absolute atomic E-state index is 0.148. The van der Waals surface area contributed by atoms with E-state index < -0.39 is 6.04 Å². The van der Waals surface area contributed by atoms with Crippen LogP contribution in [0.5, 0.6) is 0 Å². The average Bonchev–Trinajstić information content (AvgIpc) is 2.37. The zero-order valence-electron chi connectivity index (χ0n) is 10.9. The Bertz CT molecular complexity index is 430. The first kappa shape index (κ1) is 13.9. The van der Waals surface area contributed by atoms with Crippen molar-refractivity contribution in [2.45, 2.75) is 13.0 Å². The van der Waals surface area contributed by atoms with E-state index in [1.54, 1.807) is 40.2 Å². The maximum absolute atomic E-state index is 11.6. The number of carbonyl (C=O) groups excluding carboxylic acids is 2. The lowest BCUT2D eigenvalue weighted by Crippen LogP contribution is -2.35. The van der Waals surface area contributed by atoms with Crippen LogP contribution in [0.1, 0.15) is 17.4 Å². The highest BCUT2D eigenvalue weighted by Gasteiger charge is 2.13. The number of amides is 2. The van der Waals surface area contributed by atoms with Gasteiger partial charge >= 0.3 is 0 Å². The fourth-order valence-corrected chi connectivity index (χ4v) is 1.26. The number of carbonyl (C=O) groups is 2. The van der Waals surface area contributed by atoms with Gasteiger partial charge < -0.3 is 15.5 Å². The summed E-state index contributed by atoms with van der Waals surface area (Å²) >= 11 is 0. The van der Waals surface area contributed by atoms with E-state index in [0.29, 0.717) is 5.82 Å². The molecule has 0 bridgehead atoms. The highest BCUT2D eigenvalue weighted by atomic mass is 16.2. The molecule has 7 heteroatoms. The molecule has 1 aromatic heterocycles. The van der Waals surface area contributed by atoms with Gasteiger partial charge in [-0.2, -0.15) is 0 Å². The summed E-state index contributed by atoms with van der Waals surface area (Å²) in [5.41, 5.74) is 0.262. The molecule has 1 rings (SSSR count). The summed E-state index contributed by atoms with van der Waals surface area (Å²) in [6.07, 6.45) is 0. The van der Waals surface area contributed by atoms with Gasteiger partial charge in [-0.25, -0.2) is 0 Å². The molecule has 0 saturated heterocycles. The molecule has 0 radical (unpaired) electrons. The Labute approximate surface area is 106 Å². The second kappa shape index (κ2) is 5.95. The monoisotopic (exact) mass is 251 g/mol. The van der Waals surface area contributed by atoms with E-state index in [-0.39, 0.29) is 17.5 Å². The summed E-state index contributed by atoms with van der Waals surface area (Å²) in [4.78, 5) is 24.3. The fraction of sp³-hybridized carbons (Fsp3) is 0.455. The van der Waals surface area contributed by atoms with Gasteiger partial charge in [0.15, 0.2) is 5.69 Å². The number of nitrogens with one attached hydrogen (secondary N) is 2. The van der Waals surface area contributed by atoms with Gasteiger partial charge in [0, 0.05) is 21.1 Å². The van der Waals surface area contributed by atoms with E-state index in [4.69, 9.17) is 0 Å². The summed E-state index contributed by atoms with van der Waals surface area (Å²) in [5, 5.41) is 13.0. The van der Waals surface area contributed by atoms with Crippen molar-refractivity contribution in [1.29, 1.82) is 0 Å². The normalized spacial score (nSPS) is 11.6. The highest BCUT2D eigenvalue weighted by molar-refractivity contribution is 5.91. The number of likely N-dealkylation sites (N-methyl/N-ethyl adjacent to an activating group) is 1. The Balaban J connectivity index is 2.72. The lowest BCUT2D eigenvalue weighted by atomic mass is 10.3. The molecule has 2 N–H and O–H groups in total. The van der Waals surface area contributed by atoms with Crippen LogP contribution in [0.2, 0.25) is 0 Å². The molecule has 0 fully saturated rings. The zero-order valence-corrected chi connectivity index (χ0v) is 10.9. The van der Waals surface area contributed by atoms with Crippen LogP contribution in [0.15, 0.2) is 12.1 Å². The van der Waals surface area contributed by atoms with Crippen LogP contribution in [0.25, 0.3) is 0 Å². The quantitative estimate of drug-likeness (QED) is 0.769. The molecule has 0 saturated carbocycles. The van der Waals surface area contributed by atoms with E-state index in [2.05, 4.69) is 20.8 Å². The summed E-state index contributed by atoms with van der Waals surface area (Å²) in [7, 11) is 4.85. The molecule has 98 valence electrons. The van der Waals surface area contributed by atoms with Crippen LogP contribution in [0.3, 0.4) is 0 Å². The van der Waals surface area contributed by atoms with Crippen molar-refractivity contribution >= 4 is 17.6 Å². The minimum Gasteiger partial charge on any atom is -0.357 e. The third kappa shape index (κ3) is 3.41. The van der Waals surface area contributed by atoms with E-state index in [0.717, 1.165) is 0 Å². The van der Waals surface area contributed by atoms with Gasteiger partial charge in [0.2, 0.25) is 5.91 Å². The molecule has 0 aliphatic carbocycles. The molecule has 1 atom stereocenters. The molecule has 0 spiro atoms. The molecule has 0 aromatic carbocycles. The molecule has 1 unspecified atom stereocenters. The van der Waals surface area contributed by atoms with Gasteiger partial charge in [-0.15, -0.1) is 10.2 Å². The molecule has 2 amide bonds. The van der Waals surface area contributed by atoms with Crippen molar-refractivity contribution in [1.82, 2.24) is 20.4 Å². The molecule has 0 aliphatic rings. The van der Waals surface area contributed by atoms with Crippen LogP contribution in [0.4, 0.5) is 5.82 Å². The SMILES string of the molecule is CNC(=O)C(C)Nc1ccc(C(=O)N(C)C)nn1. The van der Waals surface area contributed by atoms with Crippen LogP contribution in [0, 0.1) is 0 Å². The lowest BCUT2D eigenvalue weighted by Gasteiger charge is -2.13. The minimum atomic E-state index is -0.417. The van der Waals surface area contributed by atoms with Crippen LogP contribution in [-0.2, 0) is 4.79 Å². The fourth-order valence-electron chi connectivity index (χ4n) is 1.26. The van der Waals surface area contributed by atoms with Gasteiger partial charge in [-0.05, 0) is 19.1 Å². The lowest BCUT2D eigenvalue weighted by molar-refractivity contribution is -0.121. The van der Waals surface area contributed by atoms with E-state index in [1.807, 2.05) is 0 Å². The third-order valence-electron chi connectivity index (χ3n) is 2.29. The van der Waals surface area contributed by atoms with Crippen LogP contribution in [-0.4, -0.2) is 54.1 Å². The van der Waals surface area contributed by atoms with Gasteiger partial charge in [-0.3, -0.25) is 9.59 Å². The van der Waals surface area contributed by atoms with E-state index in [9.17, 15) is 9.59 Å². The second-order valence-electron chi connectivity index (χ2n) is 3.98. The third-order valence-corrected chi connectivity index (χ3v) is 2.29. The Morgan fingerprint density at radius 3 is 2.39 bits per heavy atom.